The van der Waals surface area contributed by atoms with Crippen LogP contribution in [0.1, 0.15) is 28.5 Å². The summed E-state index contributed by atoms with van der Waals surface area (Å²) in [6, 6.07) is 7.34. The lowest BCUT2D eigenvalue weighted by Gasteiger charge is -2.15. The molecule has 2 N–H and O–H groups in total. The maximum Gasteiger partial charge on any atom is 0.229 e. The molecule has 2 rings (SSSR count). The lowest BCUT2D eigenvalue weighted by atomic mass is 10.2. The van der Waals surface area contributed by atoms with Crippen LogP contribution < -0.4 is 10.0 Å². The van der Waals surface area contributed by atoms with Crippen molar-refractivity contribution in [3.8, 4) is 0 Å². The van der Waals surface area contributed by atoms with Gasteiger partial charge in [0.25, 0.3) is 0 Å². The minimum atomic E-state index is -3.24. The normalized spacial score (nSPS) is 13.0. The summed E-state index contributed by atoms with van der Waals surface area (Å²) >= 11 is 1.69. The third-order valence-electron chi connectivity index (χ3n) is 2.90. The van der Waals surface area contributed by atoms with Crippen molar-refractivity contribution in [2.45, 2.75) is 26.8 Å². The minimum Gasteiger partial charge on any atom is -0.378 e. The molecule has 21 heavy (non-hydrogen) atoms. The Kier molecular flexibility index (Phi) is 4.53. The molecule has 1 unspecified atom stereocenters. The molecule has 0 aliphatic carbocycles. The Labute approximate surface area is 129 Å². The van der Waals surface area contributed by atoms with Crippen molar-refractivity contribution in [3.05, 3.63) is 39.8 Å². The van der Waals surface area contributed by atoms with Crippen molar-refractivity contribution in [1.82, 2.24) is 4.98 Å². The molecular formula is C14H19N3O2S2. The quantitative estimate of drug-likeness (QED) is 0.885. The highest BCUT2D eigenvalue weighted by Crippen LogP contribution is 2.27. The van der Waals surface area contributed by atoms with Crippen LogP contribution in [-0.2, 0) is 10.0 Å². The van der Waals surface area contributed by atoms with Crippen LogP contribution in [0.2, 0.25) is 0 Å². The highest BCUT2D eigenvalue weighted by Gasteiger charge is 2.12. The summed E-state index contributed by atoms with van der Waals surface area (Å²) in [5.74, 6) is 0. The molecule has 0 aliphatic rings. The van der Waals surface area contributed by atoms with E-state index in [-0.39, 0.29) is 6.04 Å². The number of aromatic nitrogens is 1. The zero-order valence-electron chi connectivity index (χ0n) is 12.5. The molecule has 0 fully saturated rings. The first kappa shape index (κ1) is 15.8. The molecule has 1 heterocycles. The van der Waals surface area contributed by atoms with Crippen LogP contribution >= 0.6 is 11.3 Å². The van der Waals surface area contributed by atoms with Crippen molar-refractivity contribution >= 4 is 32.7 Å². The molecule has 0 amide bonds. The number of aryl methyl sites for hydroxylation is 2. The zero-order valence-corrected chi connectivity index (χ0v) is 14.1. The van der Waals surface area contributed by atoms with Gasteiger partial charge >= 0.3 is 0 Å². The van der Waals surface area contributed by atoms with Crippen LogP contribution in [0.3, 0.4) is 0 Å². The Balaban J connectivity index is 2.08. The average molecular weight is 325 g/mol. The summed E-state index contributed by atoms with van der Waals surface area (Å²) in [7, 11) is -3.24. The number of thiazole rings is 1. The maximum absolute atomic E-state index is 11.2. The van der Waals surface area contributed by atoms with E-state index >= 15 is 0 Å². The van der Waals surface area contributed by atoms with Gasteiger partial charge in [0, 0.05) is 16.3 Å². The Morgan fingerprint density at radius 1 is 1.14 bits per heavy atom. The number of sulfonamides is 1. The number of rotatable bonds is 5. The number of benzene rings is 1. The zero-order chi connectivity index (χ0) is 15.6. The van der Waals surface area contributed by atoms with Gasteiger partial charge in [-0.25, -0.2) is 13.4 Å². The van der Waals surface area contributed by atoms with Gasteiger partial charge in [-0.3, -0.25) is 4.72 Å². The first-order chi connectivity index (χ1) is 9.74. The Morgan fingerprint density at radius 2 is 1.71 bits per heavy atom. The fourth-order valence-electron chi connectivity index (χ4n) is 2.11. The molecular weight excluding hydrogens is 306 g/mol. The van der Waals surface area contributed by atoms with Crippen LogP contribution in [-0.4, -0.2) is 19.7 Å². The molecule has 1 atom stereocenters. The SMILES string of the molecule is Cc1nc(C)c(C(C)Nc2ccc(NS(C)(=O)=O)cc2)s1. The number of hydrogen-bond donors (Lipinski definition) is 2. The molecule has 7 heteroatoms. The first-order valence-electron chi connectivity index (χ1n) is 6.53. The first-order valence-corrected chi connectivity index (χ1v) is 9.24. The van der Waals surface area contributed by atoms with E-state index in [1.54, 1.807) is 23.5 Å². The molecule has 0 bridgehead atoms. The highest BCUT2D eigenvalue weighted by atomic mass is 32.2. The summed E-state index contributed by atoms with van der Waals surface area (Å²) < 4.78 is 24.8. The molecule has 0 spiro atoms. The Morgan fingerprint density at radius 3 is 2.19 bits per heavy atom. The van der Waals surface area contributed by atoms with E-state index in [4.69, 9.17) is 0 Å². The molecule has 0 radical (unpaired) electrons. The molecule has 1 aromatic carbocycles. The van der Waals surface area contributed by atoms with E-state index in [0.717, 1.165) is 22.6 Å². The average Bonchev–Trinajstić information content (AvgIpc) is 2.69. The molecule has 0 aliphatic heterocycles. The van der Waals surface area contributed by atoms with Crippen LogP contribution in [0.4, 0.5) is 11.4 Å². The monoisotopic (exact) mass is 325 g/mol. The van der Waals surface area contributed by atoms with Gasteiger partial charge in [-0.05, 0) is 45.0 Å². The topological polar surface area (TPSA) is 71.1 Å². The van der Waals surface area contributed by atoms with E-state index in [2.05, 4.69) is 21.9 Å². The lowest BCUT2D eigenvalue weighted by Crippen LogP contribution is -2.10. The molecule has 0 saturated heterocycles. The van der Waals surface area contributed by atoms with Crippen molar-refractivity contribution in [3.63, 3.8) is 0 Å². The summed E-state index contributed by atoms with van der Waals surface area (Å²) in [5.41, 5.74) is 2.54. The van der Waals surface area contributed by atoms with Gasteiger partial charge in [0.15, 0.2) is 0 Å². The predicted molar refractivity (Wildman–Crippen MR) is 88.5 cm³/mol. The minimum absolute atomic E-state index is 0.157. The van der Waals surface area contributed by atoms with Crippen LogP contribution in [0.5, 0.6) is 0 Å². The van der Waals surface area contributed by atoms with Gasteiger partial charge in [0.05, 0.1) is 23.0 Å². The second-order valence-electron chi connectivity index (χ2n) is 5.00. The van der Waals surface area contributed by atoms with E-state index in [1.807, 2.05) is 26.0 Å². The highest BCUT2D eigenvalue weighted by molar-refractivity contribution is 7.92. The standard InChI is InChI=1S/C14H19N3O2S2/c1-9-14(20-11(3)15-9)10(2)16-12-5-7-13(8-6-12)17-21(4,18)19/h5-8,10,16-17H,1-4H3. The van der Waals surface area contributed by atoms with E-state index in [9.17, 15) is 8.42 Å². The van der Waals surface area contributed by atoms with Crippen LogP contribution in [0, 0.1) is 13.8 Å². The van der Waals surface area contributed by atoms with Gasteiger partial charge in [-0.1, -0.05) is 0 Å². The molecule has 0 saturated carbocycles. The van der Waals surface area contributed by atoms with Crippen molar-refractivity contribution in [2.75, 3.05) is 16.3 Å². The molecule has 2 aromatic rings. The van der Waals surface area contributed by atoms with Crippen molar-refractivity contribution < 1.29 is 8.42 Å². The van der Waals surface area contributed by atoms with Gasteiger partial charge < -0.3 is 5.32 Å². The third-order valence-corrected chi connectivity index (χ3v) is 4.77. The van der Waals surface area contributed by atoms with Gasteiger partial charge in [0.2, 0.25) is 10.0 Å². The second-order valence-corrected chi connectivity index (χ2v) is 7.98. The van der Waals surface area contributed by atoms with Gasteiger partial charge in [0.1, 0.15) is 0 Å². The Bertz CT molecular complexity index is 721. The van der Waals surface area contributed by atoms with Crippen LogP contribution in [0.15, 0.2) is 24.3 Å². The number of nitrogens with zero attached hydrogens (tertiary/aromatic N) is 1. The largest absolute Gasteiger partial charge is 0.378 e. The molecule has 114 valence electrons. The summed E-state index contributed by atoms with van der Waals surface area (Å²) in [6.45, 7) is 6.10. The Hall–Kier alpha value is -1.60. The van der Waals surface area contributed by atoms with Gasteiger partial charge in [-0.15, -0.1) is 11.3 Å². The third kappa shape index (κ3) is 4.44. The van der Waals surface area contributed by atoms with E-state index in [1.165, 1.54) is 4.88 Å². The summed E-state index contributed by atoms with van der Waals surface area (Å²) in [6.07, 6.45) is 1.14. The summed E-state index contributed by atoms with van der Waals surface area (Å²) in [4.78, 5) is 5.64. The maximum atomic E-state index is 11.2. The predicted octanol–water partition coefficient (Wildman–Crippen LogP) is 3.30. The van der Waals surface area contributed by atoms with Crippen LogP contribution in [0.25, 0.3) is 0 Å². The van der Waals surface area contributed by atoms with Gasteiger partial charge in [-0.2, -0.15) is 0 Å². The fraction of sp³-hybridized carbons (Fsp3) is 0.357. The second kappa shape index (κ2) is 6.03. The van der Waals surface area contributed by atoms with E-state index < -0.39 is 10.0 Å². The number of anilines is 2. The fourth-order valence-corrected chi connectivity index (χ4v) is 3.61. The molecule has 1 aromatic heterocycles. The van der Waals surface area contributed by atoms with E-state index in [0.29, 0.717) is 5.69 Å². The van der Waals surface area contributed by atoms with Crippen molar-refractivity contribution in [2.24, 2.45) is 0 Å². The number of hydrogen-bond acceptors (Lipinski definition) is 5. The summed E-state index contributed by atoms with van der Waals surface area (Å²) in [5, 5.41) is 4.45. The number of nitrogens with one attached hydrogen (secondary N) is 2. The van der Waals surface area contributed by atoms with Crippen molar-refractivity contribution in [1.29, 1.82) is 0 Å². The smallest absolute Gasteiger partial charge is 0.229 e. The lowest BCUT2D eigenvalue weighted by molar-refractivity contribution is 0.607. The molecule has 5 nitrogen and oxygen atoms in total.